The lowest BCUT2D eigenvalue weighted by atomic mass is 9.97. The van der Waals surface area contributed by atoms with Crippen LogP contribution in [0, 0.1) is 0 Å². The van der Waals surface area contributed by atoms with E-state index in [1.807, 2.05) is 17.0 Å². The fourth-order valence-corrected chi connectivity index (χ4v) is 4.65. The van der Waals surface area contributed by atoms with Crippen LogP contribution >= 0.6 is 0 Å². The SMILES string of the molecule is COc1cccc2cc(C(=O)N3C4CCC3CC(n3nccn3)C4)c(=O)oc12. The summed E-state index contributed by atoms with van der Waals surface area (Å²) in [4.78, 5) is 29.5. The van der Waals surface area contributed by atoms with Gasteiger partial charge in [0.15, 0.2) is 11.3 Å². The van der Waals surface area contributed by atoms with Crippen molar-refractivity contribution in [3.05, 3.63) is 52.6 Å². The number of nitrogens with zero attached hydrogens (tertiary/aromatic N) is 4. The maximum absolute atomic E-state index is 13.3. The smallest absolute Gasteiger partial charge is 0.349 e. The normalized spacial score (nSPS) is 23.9. The van der Waals surface area contributed by atoms with Crippen LogP contribution in [0.1, 0.15) is 42.1 Å². The van der Waals surface area contributed by atoms with Gasteiger partial charge < -0.3 is 14.1 Å². The van der Waals surface area contributed by atoms with E-state index < -0.39 is 5.63 Å². The molecule has 2 saturated heterocycles. The number of para-hydroxylation sites is 1. The van der Waals surface area contributed by atoms with Gasteiger partial charge in [-0.1, -0.05) is 12.1 Å². The lowest BCUT2D eigenvalue weighted by molar-refractivity contribution is 0.0508. The summed E-state index contributed by atoms with van der Waals surface area (Å²) in [6.07, 6.45) is 6.80. The fraction of sp³-hybridized carbons (Fsp3) is 0.400. The van der Waals surface area contributed by atoms with Gasteiger partial charge >= 0.3 is 5.63 Å². The van der Waals surface area contributed by atoms with Gasteiger partial charge in [0.25, 0.3) is 5.91 Å². The van der Waals surface area contributed by atoms with Crippen molar-refractivity contribution in [1.82, 2.24) is 19.9 Å². The van der Waals surface area contributed by atoms with Crippen LogP contribution in [0.15, 0.2) is 45.9 Å². The van der Waals surface area contributed by atoms with Crippen molar-refractivity contribution in [2.45, 2.75) is 43.8 Å². The summed E-state index contributed by atoms with van der Waals surface area (Å²) >= 11 is 0. The molecule has 3 aromatic rings. The lowest BCUT2D eigenvalue weighted by Crippen LogP contribution is -2.48. The number of ether oxygens (including phenoxy) is 1. The van der Waals surface area contributed by atoms with Gasteiger partial charge in [0.05, 0.1) is 25.5 Å². The topological polar surface area (TPSA) is 90.5 Å². The van der Waals surface area contributed by atoms with Gasteiger partial charge in [-0.15, -0.1) is 0 Å². The Balaban J connectivity index is 1.47. The highest BCUT2D eigenvalue weighted by atomic mass is 16.5. The van der Waals surface area contributed by atoms with Gasteiger partial charge in [-0.3, -0.25) is 4.79 Å². The molecule has 4 heterocycles. The van der Waals surface area contributed by atoms with Crippen molar-refractivity contribution >= 4 is 16.9 Å². The molecule has 2 atom stereocenters. The molecule has 0 aliphatic carbocycles. The van der Waals surface area contributed by atoms with Crippen LogP contribution < -0.4 is 10.4 Å². The Morgan fingerprint density at radius 1 is 1.14 bits per heavy atom. The Labute approximate surface area is 160 Å². The van der Waals surface area contributed by atoms with Crippen LogP contribution in [0.3, 0.4) is 0 Å². The van der Waals surface area contributed by atoms with Gasteiger partial charge in [-0.05, 0) is 37.8 Å². The average molecular weight is 380 g/mol. The molecule has 8 heteroatoms. The number of amides is 1. The van der Waals surface area contributed by atoms with Crippen molar-refractivity contribution < 1.29 is 13.9 Å². The molecule has 2 unspecified atom stereocenters. The summed E-state index contributed by atoms with van der Waals surface area (Å²) < 4.78 is 10.7. The van der Waals surface area contributed by atoms with E-state index >= 15 is 0 Å². The Hall–Kier alpha value is -3.16. The number of hydrogen-bond donors (Lipinski definition) is 0. The van der Waals surface area contributed by atoms with E-state index in [0.29, 0.717) is 16.7 Å². The molecule has 28 heavy (non-hydrogen) atoms. The largest absolute Gasteiger partial charge is 0.493 e. The highest BCUT2D eigenvalue weighted by molar-refractivity contribution is 5.98. The second-order valence-electron chi connectivity index (χ2n) is 7.40. The van der Waals surface area contributed by atoms with Crippen LogP contribution in [0.25, 0.3) is 11.0 Å². The maximum Gasteiger partial charge on any atom is 0.349 e. The van der Waals surface area contributed by atoms with Crippen molar-refractivity contribution in [3.8, 4) is 5.75 Å². The zero-order valence-electron chi connectivity index (χ0n) is 15.4. The molecular formula is C20H20N4O4. The molecule has 0 N–H and O–H groups in total. The van der Waals surface area contributed by atoms with Crippen LogP contribution in [0.2, 0.25) is 0 Å². The van der Waals surface area contributed by atoms with E-state index in [2.05, 4.69) is 10.2 Å². The molecule has 2 aliphatic heterocycles. The quantitative estimate of drug-likeness (QED) is 0.648. The van der Waals surface area contributed by atoms with Crippen molar-refractivity contribution in [2.75, 3.05) is 7.11 Å². The predicted octanol–water partition coefficient (Wildman–Crippen LogP) is 2.40. The summed E-state index contributed by atoms with van der Waals surface area (Å²) in [6, 6.07) is 7.32. The molecule has 0 spiro atoms. The zero-order chi connectivity index (χ0) is 19.3. The highest BCUT2D eigenvalue weighted by Gasteiger charge is 2.45. The third-order valence-electron chi connectivity index (χ3n) is 5.88. The molecule has 1 amide bonds. The summed E-state index contributed by atoms with van der Waals surface area (Å²) in [5, 5.41) is 9.18. The third kappa shape index (κ3) is 2.59. The van der Waals surface area contributed by atoms with E-state index in [0.717, 1.165) is 25.7 Å². The Bertz CT molecular complexity index is 1080. The lowest BCUT2D eigenvalue weighted by Gasteiger charge is -2.38. The molecule has 2 bridgehead atoms. The number of benzene rings is 1. The van der Waals surface area contributed by atoms with Crippen molar-refractivity contribution in [2.24, 2.45) is 0 Å². The second kappa shape index (κ2) is 6.47. The molecule has 2 aromatic heterocycles. The van der Waals surface area contributed by atoms with E-state index in [1.165, 1.54) is 7.11 Å². The van der Waals surface area contributed by atoms with Crippen LogP contribution in [0.4, 0.5) is 0 Å². The number of carbonyl (C=O) groups is 1. The number of rotatable bonds is 3. The Morgan fingerprint density at radius 2 is 1.86 bits per heavy atom. The standard InChI is InChI=1S/C20H20N4O4/c1-27-17-4-2-3-12-9-16(20(26)28-18(12)17)19(25)23-13-5-6-14(23)11-15(10-13)24-21-7-8-22-24/h2-4,7-9,13-15H,5-6,10-11H2,1H3. The first-order valence-electron chi connectivity index (χ1n) is 9.45. The van der Waals surface area contributed by atoms with Crippen LogP contribution in [-0.2, 0) is 0 Å². The number of carbonyl (C=O) groups excluding carboxylic acids is 1. The number of hydrogen-bond acceptors (Lipinski definition) is 6. The maximum atomic E-state index is 13.3. The summed E-state index contributed by atoms with van der Waals surface area (Å²) in [5.41, 5.74) is -0.191. The molecular weight excluding hydrogens is 360 g/mol. The minimum Gasteiger partial charge on any atom is -0.493 e. The van der Waals surface area contributed by atoms with Gasteiger partial charge in [-0.2, -0.15) is 15.0 Å². The Morgan fingerprint density at radius 3 is 2.54 bits per heavy atom. The molecule has 5 rings (SSSR count). The molecule has 144 valence electrons. The van der Waals surface area contributed by atoms with Gasteiger partial charge in [0, 0.05) is 17.5 Å². The zero-order valence-corrected chi connectivity index (χ0v) is 15.4. The molecule has 2 aliphatic rings. The van der Waals surface area contributed by atoms with Crippen LogP contribution in [-0.4, -0.2) is 45.0 Å². The summed E-state index contributed by atoms with van der Waals surface area (Å²) in [7, 11) is 1.52. The monoisotopic (exact) mass is 380 g/mol. The number of aromatic nitrogens is 3. The molecule has 0 saturated carbocycles. The summed E-state index contributed by atoms with van der Waals surface area (Å²) in [5.74, 6) is 0.221. The number of fused-ring (bicyclic) bond motifs is 3. The van der Waals surface area contributed by atoms with Crippen molar-refractivity contribution in [3.63, 3.8) is 0 Å². The first kappa shape index (κ1) is 17.0. The molecule has 1 aromatic carbocycles. The van der Waals surface area contributed by atoms with E-state index in [9.17, 15) is 9.59 Å². The minimum absolute atomic E-state index is 0.0771. The van der Waals surface area contributed by atoms with E-state index in [1.54, 1.807) is 29.3 Å². The van der Waals surface area contributed by atoms with Crippen molar-refractivity contribution in [1.29, 1.82) is 0 Å². The molecule has 8 nitrogen and oxygen atoms in total. The minimum atomic E-state index is -0.628. The van der Waals surface area contributed by atoms with Gasteiger partial charge in [-0.25, -0.2) is 4.79 Å². The van der Waals surface area contributed by atoms with E-state index in [-0.39, 0.29) is 29.6 Å². The summed E-state index contributed by atoms with van der Waals surface area (Å²) in [6.45, 7) is 0. The average Bonchev–Trinajstić information content (AvgIpc) is 3.33. The van der Waals surface area contributed by atoms with Gasteiger partial charge in [0.1, 0.15) is 5.56 Å². The Kier molecular flexibility index (Phi) is 3.92. The van der Waals surface area contributed by atoms with Gasteiger partial charge in [0.2, 0.25) is 0 Å². The second-order valence-corrected chi connectivity index (χ2v) is 7.40. The fourth-order valence-electron chi connectivity index (χ4n) is 4.65. The molecule has 2 fully saturated rings. The number of piperidine rings is 1. The first-order valence-corrected chi connectivity index (χ1v) is 9.45. The first-order chi connectivity index (χ1) is 13.7. The third-order valence-corrected chi connectivity index (χ3v) is 5.88. The van der Waals surface area contributed by atoms with Crippen LogP contribution in [0.5, 0.6) is 5.75 Å². The molecule has 0 radical (unpaired) electrons. The number of methoxy groups -OCH3 is 1. The predicted molar refractivity (Wildman–Crippen MR) is 100 cm³/mol. The van der Waals surface area contributed by atoms with E-state index in [4.69, 9.17) is 9.15 Å². The highest BCUT2D eigenvalue weighted by Crippen LogP contribution is 2.41.